The normalized spacial score (nSPS) is 19.6. The predicted octanol–water partition coefficient (Wildman–Crippen LogP) is 5.64. The molecule has 2 atom stereocenters. The molecule has 0 radical (unpaired) electrons. The summed E-state index contributed by atoms with van der Waals surface area (Å²) in [5.41, 5.74) is 2.01. The number of benzene rings is 2. The fourth-order valence-electron chi connectivity index (χ4n) is 3.43. The summed E-state index contributed by atoms with van der Waals surface area (Å²) in [6.07, 6.45) is 1.57. The van der Waals surface area contributed by atoms with E-state index in [2.05, 4.69) is 26.9 Å². The van der Waals surface area contributed by atoms with Gasteiger partial charge >= 0.3 is 5.97 Å². The molecule has 2 unspecified atom stereocenters. The second-order valence-electron chi connectivity index (χ2n) is 6.30. The van der Waals surface area contributed by atoms with Crippen LogP contribution in [0.15, 0.2) is 46.9 Å². The van der Waals surface area contributed by atoms with Crippen molar-refractivity contribution >= 4 is 45.1 Å². The summed E-state index contributed by atoms with van der Waals surface area (Å²) in [6, 6.07) is 13.4. The van der Waals surface area contributed by atoms with E-state index in [-0.39, 0.29) is 12.0 Å². The van der Waals surface area contributed by atoms with Gasteiger partial charge in [-0.3, -0.25) is 9.69 Å². The Morgan fingerprint density at radius 3 is 2.72 bits per heavy atom. The van der Waals surface area contributed by atoms with E-state index in [4.69, 9.17) is 23.2 Å². The van der Waals surface area contributed by atoms with E-state index < -0.39 is 5.97 Å². The van der Waals surface area contributed by atoms with Crippen molar-refractivity contribution in [3.63, 3.8) is 0 Å². The fourth-order valence-corrected chi connectivity index (χ4v) is 4.36. The number of piperidine rings is 1. The summed E-state index contributed by atoms with van der Waals surface area (Å²) in [4.78, 5) is 13.7. The van der Waals surface area contributed by atoms with Gasteiger partial charge in [0, 0.05) is 21.1 Å². The van der Waals surface area contributed by atoms with Crippen molar-refractivity contribution < 1.29 is 9.90 Å². The SMILES string of the molecule is O=C(O)C1CCCN(C(c2cccc(Br)c2)c2ccc(Cl)cc2Cl)C1. The summed E-state index contributed by atoms with van der Waals surface area (Å²) in [5, 5.41) is 10.6. The van der Waals surface area contributed by atoms with Crippen LogP contribution < -0.4 is 0 Å². The van der Waals surface area contributed by atoms with Gasteiger partial charge in [-0.25, -0.2) is 0 Å². The first-order valence-electron chi connectivity index (χ1n) is 8.13. The topological polar surface area (TPSA) is 40.5 Å². The number of carbonyl (C=O) groups is 1. The standard InChI is InChI=1S/C19H18BrCl2NO2/c20-14-5-1-3-12(9-14)18(16-7-6-15(21)10-17(16)22)23-8-2-4-13(11-23)19(24)25/h1,3,5-7,9-10,13,18H,2,4,8,11H2,(H,24,25). The van der Waals surface area contributed by atoms with Crippen LogP contribution in [0.4, 0.5) is 0 Å². The Hall–Kier alpha value is -1.07. The number of likely N-dealkylation sites (tertiary alicyclic amines) is 1. The molecule has 1 saturated heterocycles. The largest absolute Gasteiger partial charge is 0.481 e. The zero-order valence-corrected chi connectivity index (χ0v) is 16.6. The molecule has 1 aliphatic rings. The summed E-state index contributed by atoms with van der Waals surface area (Å²) in [7, 11) is 0. The van der Waals surface area contributed by atoms with Gasteiger partial charge in [-0.05, 0) is 54.8 Å². The van der Waals surface area contributed by atoms with Gasteiger partial charge in [-0.1, -0.05) is 57.3 Å². The van der Waals surface area contributed by atoms with Crippen molar-refractivity contribution in [2.75, 3.05) is 13.1 Å². The van der Waals surface area contributed by atoms with E-state index in [0.29, 0.717) is 23.0 Å². The highest BCUT2D eigenvalue weighted by atomic mass is 79.9. The average molecular weight is 443 g/mol. The van der Waals surface area contributed by atoms with Crippen LogP contribution in [0.5, 0.6) is 0 Å². The van der Waals surface area contributed by atoms with Crippen molar-refractivity contribution in [1.82, 2.24) is 4.90 Å². The molecule has 1 heterocycles. The second-order valence-corrected chi connectivity index (χ2v) is 8.06. The Balaban J connectivity index is 2.04. The Labute approximate surface area is 165 Å². The molecule has 3 rings (SSSR count). The Morgan fingerprint density at radius 1 is 1.24 bits per heavy atom. The molecular formula is C19H18BrCl2NO2. The molecule has 2 aromatic rings. The maximum absolute atomic E-state index is 11.5. The van der Waals surface area contributed by atoms with Gasteiger partial charge in [0.2, 0.25) is 0 Å². The lowest BCUT2D eigenvalue weighted by Crippen LogP contribution is -2.41. The molecule has 1 fully saturated rings. The van der Waals surface area contributed by atoms with Crippen LogP contribution in [-0.2, 0) is 4.79 Å². The maximum Gasteiger partial charge on any atom is 0.307 e. The van der Waals surface area contributed by atoms with Crippen LogP contribution in [0, 0.1) is 5.92 Å². The van der Waals surface area contributed by atoms with E-state index in [9.17, 15) is 9.90 Å². The monoisotopic (exact) mass is 441 g/mol. The zero-order valence-electron chi connectivity index (χ0n) is 13.5. The van der Waals surface area contributed by atoms with E-state index in [1.165, 1.54) is 0 Å². The van der Waals surface area contributed by atoms with E-state index in [0.717, 1.165) is 28.6 Å². The molecule has 0 saturated carbocycles. The number of aliphatic carboxylic acids is 1. The molecule has 6 heteroatoms. The average Bonchev–Trinajstić information content (AvgIpc) is 2.57. The van der Waals surface area contributed by atoms with Gasteiger partial charge in [-0.2, -0.15) is 0 Å². The van der Waals surface area contributed by atoms with E-state index in [1.54, 1.807) is 6.07 Å². The summed E-state index contributed by atoms with van der Waals surface area (Å²) >= 11 is 16.1. The van der Waals surface area contributed by atoms with Crippen molar-refractivity contribution in [1.29, 1.82) is 0 Å². The number of carboxylic acid groups (broad SMARTS) is 1. The van der Waals surface area contributed by atoms with Crippen molar-refractivity contribution in [3.8, 4) is 0 Å². The van der Waals surface area contributed by atoms with Crippen LogP contribution in [0.2, 0.25) is 10.0 Å². The molecule has 3 nitrogen and oxygen atoms in total. The Kier molecular flexibility index (Phi) is 6.05. The summed E-state index contributed by atoms with van der Waals surface area (Å²) in [6.45, 7) is 1.34. The molecular weight excluding hydrogens is 425 g/mol. The predicted molar refractivity (Wildman–Crippen MR) is 104 cm³/mol. The van der Waals surface area contributed by atoms with Crippen molar-refractivity contribution in [2.24, 2.45) is 5.92 Å². The summed E-state index contributed by atoms with van der Waals surface area (Å²) < 4.78 is 0.979. The lowest BCUT2D eigenvalue weighted by atomic mass is 9.91. The highest BCUT2D eigenvalue weighted by Gasteiger charge is 2.32. The van der Waals surface area contributed by atoms with Crippen LogP contribution in [-0.4, -0.2) is 29.1 Å². The van der Waals surface area contributed by atoms with Gasteiger partial charge in [0.25, 0.3) is 0 Å². The number of carboxylic acids is 1. The first kappa shape index (κ1) is 18.7. The maximum atomic E-state index is 11.5. The van der Waals surface area contributed by atoms with Crippen LogP contribution in [0.25, 0.3) is 0 Å². The van der Waals surface area contributed by atoms with Crippen molar-refractivity contribution in [3.05, 3.63) is 68.1 Å². The van der Waals surface area contributed by atoms with Gasteiger partial charge in [0.05, 0.1) is 12.0 Å². The molecule has 0 bridgehead atoms. The quantitative estimate of drug-likeness (QED) is 0.665. The number of halogens is 3. The van der Waals surface area contributed by atoms with Gasteiger partial charge < -0.3 is 5.11 Å². The molecule has 0 aromatic heterocycles. The minimum atomic E-state index is -0.736. The number of nitrogens with zero attached hydrogens (tertiary/aromatic N) is 1. The highest BCUT2D eigenvalue weighted by molar-refractivity contribution is 9.10. The molecule has 25 heavy (non-hydrogen) atoms. The highest BCUT2D eigenvalue weighted by Crippen LogP contribution is 2.37. The number of rotatable bonds is 4. The molecule has 2 aromatic carbocycles. The van der Waals surface area contributed by atoms with Crippen LogP contribution >= 0.6 is 39.1 Å². The fraction of sp³-hybridized carbons (Fsp3) is 0.316. The number of hydrogen-bond donors (Lipinski definition) is 1. The lowest BCUT2D eigenvalue weighted by Gasteiger charge is -2.38. The third-order valence-corrected chi connectivity index (χ3v) is 5.64. The minimum absolute atomic E-state index is 0.107. The molecule has 132 valence electrons. The summed E-state index contributed by atoms with van der Waals surface area (Å²) in [5.74, 6) is -1.09. The van der Waals surface area contributed by atoms with E-state index in [1.807, 2.05) is 30.3 Å². The Bertz CT molecular complexity index is 784. The van der Waals surface area contributed by atoms with E-state index >= 15 is 0 Å². The third kappa shape index (κ3) is 4.37. The number of hydrogen-bond acceptors (Lipinski definition) is 2. The molecule has 0 aliphatic carbocycles. The van der Waals surface area contributed by atoms with Crippen LogP contribution in [0.1, 0.15) is 30.0 Å². The minimum Gasteiger partial charge on any atom is -0.481 e. The zero-order chi connectivity index (χ0) is 18.0. The van der Waals surface area contributed by atoms with Crippen molar-refractivity contribution in [2.45, 2.75) is 18.9 Å². The first-order chi connectivity index (χ1) is 12.0. The molecule has 1 aliphatic heterocycles. The molecule has 1 N–H and O–H groups in total. The van der Waals surface area contributed by atoms with Gasteiger partial charge in [-0.15, -0.1) is 0 Å². The molecule has 0 spiro atoms. The van der Waals surface area contributed by atoms with Gasteiger partial charge in [0.15, 0.2) is 0 Å². The third-order valence-electron chi connectivity index (χ3n) is 4.59. The lowest BCUT2D eigenvalue weighted by molar-refractivity contribution is -0.143. The van der Waals surface area contributed by atoms with Crippen LogP contribution in [0.3, 0.4) is 0 Å². The smallest absolute Gasteiger partial charge is 0.307 e. The molecule has 0 amide bonds. The Morgan fingerprint density at radius 2 is 2.04 bits per heavy atom. The van der Waals surface area contributed by atoms with Gasteiger partial charge in [0.1, 0.15) is 0 Å². The second kappa shape index (κ2) is 8.09. The first-order valence-corrected chi connectivity index (χ1v) is 9.68.